The van der Waals surface area contributed by atoms with Gasteiger partial charge in [0.2, 0.25) is 5.91 Å². The average Bonchev–Trinajstić information content (AvgIpc) is 3.47. The predicted molar refractivity (Wildman–Crippen MR) is 114 cm³/mol. The number of rotatable bonds is 11. The van der Waals surface area contributed by atoms with E-state index in [1.165, 1.54) is 0 Å². The quantitative estimate of drug-likeness (QED) is 0.409. The largest absolute Gasteiger partial charge is 0.459 e. The lowest BCUT2D eigenvalue weighted by Gasteiger charge is -2.20. The molecule has 0 aliphatic carbocycles. The van der Waals surface area contributed by atoms with E-state index in [1.54, 1.807) is 24.3 Å². The van der Waals surface area contributed by atoms with Crippen molar-refractivity contribution < 1.29 is 23.9 Å². The topological polar surface area (TPSA) is 97.0 Å². The van der Waals surface area contributed by atoms with Crippen LogP contribution in [0.1, 0.15) is 46.1 Å². The van der Waals surface area contributed by atoms with Crippen LogP contribution in [0.2, 0.25) is 5.02 Å². The van der Waals surface area contributed by atoms with Crippen LogP contribution < -0.4 is 10.6 Å². The summed E-state index contributed by atoms with van der Waals surface area (Å²) in [6, 6.07) is 6.36. The summed E-state index contributed by atoms with van der Waals surface area (Å²) in [5, 5.41) is 6.07. The second-order valence-corrected chi connectivity index (χ2v) is 8.75. The van der Waals surface area contributed by atoms with Crippen LogP contribution in [0.3, 0.4) is 0 Å². The Labute approximate surface area is 182 Å². The first kappa shape index (κ1) is 24.2. The monoisotopic (exact) mass is 438 g/mol. The van der Waals surface area contributed by atoms with Gasteiger partial charge in [-0.2, -0.15) is 0 Å². The van der Waals surface area contributed by atoms with Crippen molar-refractivity contribution in [1.29, 1.82) is 0 Å². The van der Waals surface area contributed by atoms with E-state index in [0.29, 0.717) is 29.5 Å². The summed E-state index contributed by atoms with van der Waals surface area (Å²) in [5.74, 6) is -0.657. The van der Waals surface area contributed by atoms with Gasteiger partial charge in [0.15, 0.2) is 12.2 Å². The lowest BCUT2D eigenvalue weighted by Crippen LogP contribution is -2.49. The number of carbonyl (C=O) groups excluding carboxylic acids is 3. The number of hydrogen-bond donors (Lipinski definition) is 2. The van der Waals surface area contributed by atoms with Crippen molar-refractivity contribution in [3.05, 3.63) is 34.9 Å². The molecule has 1 heterocycles. The van der Waals surface area contributed by atoms with Crippen LogP contribution in [-0.2, 0) is 30.5 Å². The minimum atomic E-state index is -0.962. The zero-order chi connectivity index (χ0) is 22.3. The minimum Gasteiger partial charge on any atom is -0.459 e. The highest BCUT2D eigenvalue weighted by molar-refractivity contribution is 6.31. The fraction of sp³-hybridized carbons (Fsp3) is 0.591. The number of carbonyl (C=O) groups is 3. The molecule has 7 nitrogen and oxygen atoms in total. The third-order valence-corrected chi connectivity index (χ3v) is 5.04. The molecule has 1 saturated heterocycles. The zero-order valence-corrected chi connectivity index (χ0v) is 18.7. The van der Waals surface area contributed by atoms with Crippen LogP contribution in [0.25, 0.3) is 0 Å². The number of epoxide rings is 1. The second-order valence-electron chi connectivity index (χ2n) is 8.34. The SMILES string of the molecule is CC(C)CCNC(=O)[C@H](CC(C)C)NC(=O)[C@H]1O[C@@H]1C(=O)OCc1ccccc1Cl. The van der Waals surface area contributed by atoms with Gasteiger partial charge in [0.25, 0.3) is 5.91 Å². The number of ether oxygens (including phenoxy) is 2. The highest BCUT2D eigenvalue weighted by atomic mass is 35.5. The summed E-state index contributed by atoms with van der Waals surface area (Å²) in [4.78, 5) is 37.1. The van der Waals surface area contributed by atoms with E-state index in [4.69, 9.17) is 21.1 Å². The molecule has 1 fully saturated rings. The highest BCUT2D eigenvalue weighted by Gasteiger charge is 2.52. The van der Waals surface area contributed by atoms with Gasteiger partial charge in [0.05, 0.1) is 0 Å². The maximum atomic E-state index is 12.5. The Kier molecular flexibility index (Phi) is 9.11. The summed E-state index contributed by atoms with van der Waals surface area (Å²) in [7, 11) is 0. The number of nitrogens with one attached hydrogen (secondary N) is 2. The van der Waals surface area contributed by atoms with Crippen LogP contribution in [-0.4, -0.2) is 42.6 Å². The highest BCUT2D eigenvalue weighted by Crippen LogP contribution is 2.25. The molecule has 8 heteroatoms. The molecule has 3 atom stereocenters. The molecule has 0 spiro atoms. The normalized spacial score (nSPS) is 18.8. The van der Waals surface area contributed by atoms with Gasteiger partial charge in [-0.05, 0) is 30.7 Å². The molecule has 1 aromatic rings. The maximum absolute atomic E-state index is 12.5. The predicted octanol–water partition coefficient (Wildman–Crippen LogP) is 2.84. The summed E-state index contributed by atoms with van der Waals surface area (Å²) >= 11 is 6.04. The first-order valence-corrected chi connectivity index (χ1v) is 10.7. The molecule has 0 bridgehead atoms. The Morgan fingerprint density at radius 1 is 1.10 bits per heavy atom. The van der Waals surface area contributed by atoms with Gasteiger partial charge in [-0.15, -0.1) is 0 Å². The van der Waals surface area contributed by atoms with Gasteiger partial charge >= 0.3 is 5.97 Å². The molecule has 0 saturated carbocycles. The van der Waals surface area contributed by atoms with Crippen molar-refractivity contribution in [3.8, 4) is 0 Å². The molecule has 2 rings (SSSR count). The molecule has 0 aromatic heterocycles. The molecule has 166 valence electrons. The van der Waals surface area contributed by atoms with Gasteiger partial charge in [-0.1, -0.05) is 57.5 Å². The van der Waals surface area contributed by atoms with E-state index in [9.17, 15) is 14.4 Å². The maximum Gasteiger partial charge on any atom is 0.338 e. The lowest BCUT2D eigenvalue weighted by molar-refractivity contribution is -0.146. The minimum absolute atomic E-state index is 0.000930. The van der Waals surface area contributed by atoms with E-state index in [1.807, 2.05) is 13.8 Å². The molecule has 1 aromatic carbocycles. The summed E-state index contributed by atoms with van der Waals surface area (Å²) in [5.41, 5.74) is 0.671. The third kappa shape index (κ3) is 7.61. The Balaban J connectivity index is 1.83. The fourth-order valence-corrected chi connectivity index (χ4v) is 3.09. The van der Waals surface area contributed by atoms with E-state index in [2.05, 4.69) is 24.5 Å². The van der Waals surface area contributed by atoms with Crippen molar-refractivity contribution in [1.82, 2.24) is 10.6 Å². The van der Waals surface area contributed by atoms with E-state index in [0.717, 1.165) is 6.42 Å². The molecular weight excluding hydrogens is 408 g/mol. The molecule has 0 unspecified atom stereocenters. The van der Waals surface area contributed by atoms with Crippen molar-refractivity contribution in [3.63, 3.8) is 0 Å². The smallest absolute Gasteiger partial charge is 0.338 e. The number of benzene rings is 1. The number of esters is 1. The standard InChI is InChI=1S/C22H31ClN2O5/c1-13(2)9-10-24-20(26)17(11-14(3)4)25-21(27)18-19(30-18)22(28)29-12-15-7-5-6-8-16(15)23/h5-8,13-14,17-19H,9-12H2,1-4H3,(H,24,26)(H,25,27)/t17-,18-,19-/m0/s1. The summed E-state index contributed by atoms with van der Waals surface area (Å²) in [6.45, 7) is 8.66. The van der Waals surface area contributed by atoms with Crippen LogP contribution in [0.4, 0.5) is 0 Å². The Morgan fingerprint density at radius 3 is 2.43 bits per heavy atom. The molecule has 1 aliphatic heterocycles. The van der Waals surface area contributed by atoms with Crippen molar-refractivity contribution in [2.45, 2.75) is 65.4 Å². The molecule has 1 aliphatic rings. The zero-order valence-electron chi connectivity index (χ0n) is 17.9. The molecular formula is C22H31ClN2O5. The van der Waals surface area contributed by atoms with Crippen molar-refractivity contribution in [2.75, 3.05) is 6.54 Å². The molecule has 0 radical (unpaired) electrons. The van der Waals surface area contributed by atoms with Crippen LogP contribution in [0, 0.1) is 11.8 Å². The fourth-order valence-electron chi connectivity index (χ4n) is 2.90. The van der Waals surface area contributed by atoms with Gasteiger partial charge in [-0.25, -0.2) is 4.79 Å². The van der Waals surface area contributed by atoms with Gasteiger partial charge in [0, 0.05) is 17.1 Å². The molecule has 2 amide bonds. The average molecular weight is 439 g/mol. The van der Waals surface area contributed by atoms with E-state index < -0.39 is 30.1 Å². The first-order valence-electron chi connectivity index (χ1n) is 10.3. The van der Waals surface area contributed by atoms with Crippen molar-refractivity contribution in [2.24, 2.45) is 11.8 Å². The van der Waals surface area contributed by atoms with Crippen LogP contribution in [0.5, 0.6) is 0 Å². The number of halogens is 1. The Morgan fingerprint density at radius 2 is 1.80 bits per heavy atom. The van der Waals surface area contributed by atoms with Crippen LogP contribution in [0.15, 0.2) is 24.3 Å². The number of hydrogen-bond acceptors (Lipinski definition) is 5. The molecule has 30 heavy (non-hydrogen) atoms. The first-order chi connectivity index (χ1) is 14.2. The van der Waals surface area contributed by atoms with Crippen LogP contribution >= 0.6 is 11.6 Å². The van der Waals surface area contributed by atoms with Gasteiger partial charge in [0.1, 0.15) is 12.6 Å². The third-order valence-electron chi connectivity index (χ3n) is 4.67. The Hall–Kier alpha value is -2.12. The van der Waals surface area contributed by atoms with E-state index in [-0.39, 0.29) is 18.4 Å². The van der Waals surface area contributed by atoms with Gasteiger partial charge in [-0.3, -0.25) is 9.59 Å². The van der Waals surface area contributed by atoms with E-state index >= 15 is 0 Å². The summed E-state index contributed by atoms with van der Waals surface area (Å²) < 4.78 is 10.4. The van der Waals surface area contributed by atoms with Gasteiger partial charge < -0.3 is 20.1 Å². The van der Waals surface area contributed by atoms with Crippen molar-refractivity contribution >= 4 is 29.4 Å². The number of amides is 2. The molecule has 2 N–H and O–H groups in total. The second kappa shape index (κ2) is 11.3. The Bertz CT molecular complexity index is 753. The lowest BCUT2D eigenvalue weighted by atomic mass is 10.0. The summed E-state index contributed by atoms with van der Waals surface area (Å²) in [6.07, 6.45) is -0.551.